The van der Waals surface area contributed by atoms with Gasteiger partial charge in [-0.15, -0.1) is 0 Å². The summed E-state index contributed by atoms with van der Waals surface area (Å²) < 4.78 is 31.7. The Kier molecular flexibility index (Phi) is 6.74. The number of aliphatic carboxylic acids is 1. The van der Waals surface area contributed by atoms with Gasteiger partial charge >= 0.3 is 12.1 Å². The molecule has 0 aliphatic heterocycles. The Morgan fingerprint density at radius 3 is 2.50 bits per heavy atom. The Labute approximate surface area is 164 Å². The summed E-state index contributed by atoms with van der Waals surface area (Å²) in [4.78, 5) is 25.1. The highest BCUT2D eigenvalue weighted by atomic mass is 35.5. The van der Waals surface area contributed by atoms with Crippen molar-refractivity contribution in [2.45, 2.75) is 43.4 Å². The first-order valence-corrected chi connectivity index (χ1v) is 8.96. The van der Waals surface area contributed by atoms with Crippen LogP contribution in [0.1, 0.15) is 36.2 Å². The molecular weight excluding hydrogens is 399 g/mol. The second-order valence-corrected chi connectivity index (χ2v) is 7.06. The van der Waals surface area contributed by atoms with Crippen LogP contribution in [0.5, 0.6) is 0 Å². The van der Waals surface area contributed by atoms with Crippen molar-refractivity contribution in [3.05, 3.63) is 35.0 Å². The average Bonchev–Trinajstić information content (AvgIpc) is 3.04. The first kappa shape index (κ1) is 22.2. The lowest BCUT2D eigenvalue weighted by molar-refractivity contribution is -0.192. The summed E-state index contributed by atoms with van der Waals surface area (Å²) in [5.74, 6) is -2.71. The zero-order valence-electron chi connectivity index (χ0n) is 15.1. The molecule has 1 heterocycles. The molecule has 2 atom stereocenters. The minimum absolute atomic E-state index is 0.0459. The molecule has 2 unspecified atom stereocenters. The molecule has 0 spiro atoms. The van der Waals surface area contributed by atoms with E-state index in [2.05, 4.69) is 10.3 Å². The molecule has 0 bridgehead atoms. The monoisotopic (exact) mass is 419 g/mol. The van der Waals surface area contributed by atoms with E-state index in [4.69, 9.17) is 27.2 Å². The van der Waals surface area contributed by atoms with Crippen molar-refractivity contribution in [2.24, 2.45) is 5.73 Å². The summed E-state index contributed by atoms with van der Waals surface area (Å²) in [7, 11) is 1.82. The number of hydrogen-bond acceptors (Lipinski definition) is 4. The molecule has 1 aromatic carbocycles. The SMILES string of the molecule is CNC1(C(=O)c2cc3cc(Cl)ccc3[nH]2)CCCCC1N.O=C(O)C(F)(F)F. The number of carbonyl (C=O) groups is 2. The van der Waals surface area contributed by atoms with Gasteiger partial charge in [-0.05, 0) is 44.2 Å². The van der Waals surface area contributed by atoms with Crippen molar-refractivity contribution in [1.29, 1.82) is 0 Å². The number of carboxylic acids is 1. The first-order valence-electron chi connectivity index (χ1n) is 8.59. The molecule has 0 radical (unpaired) electrons. The maximum Gasteiger partial charge on any atom is 0.490 e. The average molecular weight is 420 g/mol. The number of aromatic amines is 1. The van der Waals surface area contributed by atoms with E-state index in [-0.39, 0.29) is 11.8 Å². The third kappa shape index (κ3) is 4.65. The molecule has 1 fully saturated rings. The van der Waals surface area contributed by atoms with Crippen LogP contribution in [0, 0.1) is 0 Å². The van der Waals surface area contributed by atoms with Gasteiger partial charge in [0.15, 0.2) is 0 Å². The van der Waals surface area contributed by atoms with E-state index in [1.54, 1.807) is 0 Å². The van der Waals surface area contributed by atoms with Crippen LogP contribution in [0.3, 0.4) is 0 Å². The number of nitrogens with one attached hydrogen (secondary N) is 2. The molecule has 1 aliphatic carbocycles. The third-order valence-corrected chi connectivity index (χ3v) is 5.13. The van der Waals surface area contributed by atoms with Crippen LogP contribution in [0.15, 0.2) is 24.3 Å². The van der Waals surface area contributed by atoms with Gasteiger partial charge in [0.25, 0.3) is 0 Å². The van der Waals surface area contributed by atoms with Crippen LogP contribution < -0.4 is 11.1 Å². The van der Waals surface area contributed by atoms with Gasteiger partial charge in [-0.2, -0.15) is 13.2 Å². The Morgan fingerprint density at radius 2 is 1.96 bits per heavy atom. The number of H-pyrrole nitrogens is 1. The molecule has 1 aliphatic rings. The molecule has 2 aromatic rings. The predicted molar refractivity (Wildman–Crippen MR) is 99.6 cm³/mol. The molecular formula is C18H21ClF3N3O3. The summed E-state index contributed by atoms with van der Waals surface area (Å²) in [6.07, 6.45) is -1.33. The van der Waals surface area contributed by atoms with Crippen LogP contribution >= 0.6 is 11.6 Å². The smallest absolute Gasteiger partial charge is 0.475 e. The van der Waals surface area contributed by atoms with E-state index in [9.17, 15) is 18.0 Å². The number of ketones is 1. The number of carboxylic acid groups (broad SMARTS) is 1. The van der Waals surface area contributed by atoms with Gasteiger partial charge in [0.05, 0.1) is 11.2 Å². The normalized spacial score (nSPS) is 22.4. The zero-order chi connectivity index (χ0) is 21.1. The van der Waals surface area contributed by atoms with Crippen LogP contribution in [0.25, 0.3) is 10.9 Å². The number of benzene rings is 1. The minimum atomic E-state index is -5.08. The fraction of sp³-hybridized carbons (Fsp3) is 0.444. The van der Waals surface area contributed by atoms with Crippen LogP contribution in [-0.2, 0) is 4.79 Å². The van der Waals surface area contributed by atoms with E-state index >= 15 is 0 Å². The Balaban J connectivity index is 0.000000345. The van der Waals surface area contributed by atoms with E-state index < -0.39 is 17.7 Å². The molecule has 0 saturated heterocycles. The summed E-state index contributed by atoms with van der Waals surface area (Å²) in [5.41, 5.74) is 7.11. The number of carbonyl (C=O) groups excluding carboxylic acids is 1. The molecule has 0 amide bonds. The molecule has 6 nitrogen and oxygen atoms in total. The molecule has 28 heavy (non-hydrogen) atoms. The highest BCUT2D eigenvalue weighted by molar-refractivity contribution is 6.31. The molecule has 10 heteroatoms. The van der Waals surface area contributed by atoms with Gasteiger partial charge in [0.2, 0.25) is 5.78 Å². The largest absolute Gasteiger partial charge is 0.490 e. The van der Waals surface area contributed by atoms with E-state index in [0.717, 1.165) is 36.6 Å². The van der Waals surface area contributed by atoms with Crippen LogP contribution in [-0.4, -0.2) is 46.6 Å². The number of alkyl halides is 3. The van der Waals surface area contributed by atoms with Crippen molar-refractivity contribution < 1.29 is 27.9 Å². The van der Waals surface area contributed by atoms with Gasteiger partial charge in [0.1, 0.15) is 0 Å². The van der Waals surface area contributed by atoms with Crippen LogP contribution in [0.2, 0.25) is 5.02 Å². The standard InChI is InChI=1S/C16H20ClN3O.C2HF3O2/c1-19-16(7-3-2-4-14(16)18)15(21)13-9-10-8-11(17)5-6-12(10)20-13;3-2(4,5)1(6)7/h5-6,8-9,14,19-20H,2-4,7,18H2,1H3;(H,6,7). The fourth-order valence-electron chi connectivity index (χ4n) is 3.37. The number of likely N-dealkylation sites (N-methyl/N-ethyl adjacent to an activating group) is 1. The Bertz CT molecular complexity index is 869. The van der Waals surface area contributed by atoms with Gasteiger partial charge in [-0.25, -0.2) is 4.79 Å². The van der Waals surface area contributed by atoms with Gasteiger partial charge in [-0.3, -0.25) is 4.79 Å². The zero-order valence-corrected chi connectivity index (χ0v) is 15.8. The maximum absolute atomic E-state index is 13.0. The van der Waals surface area contributed by atoms with Crippen molar-refractivity contribution in [1.82, 2.24) is 10.3 Å². The van der Waals surface area contributed by atoms with E-state index in [1.165, 1.54) is 0 Å². The second-order valence-electron chi connectivity index (χ2n) is 6.62. The highest BCUT2D eigenvalue weighted by Gasteiger charge is 2.44. The van der Waals surface area contributed by atoms with Crippen LogP contribution in [0.4, 0.5) is 13.2 Å². The number of hydrogen-bond donors (Lipinski definition) is 4. The molecule has 1 aromatic heterocycles. The van der Waals surface area contributed by atoms with E-state index in [1.807, 2.05) is 31.3 Å². The lowest BCUT2D eigenvalue weighted by Gasteiger charge is -2.40. The molecule has 3 rings (SSSR count). The number of rotatable bonds is 3. The molecule has 5 N–H and O–H groups in total. The Hall–Kier alpha value is -2.10. The summed E-state index contributed by atoms with van der Waals surface area (Å²) >= 11 is 6.00. The Morgan fingerprint density at radius 1 is 1.32 bits per heavy atom. The summed E-state index contributed by atoms with van der Waals surface area (Å²) in [6, 6.07) is 7.27. The third-order valence-electron chi connectivity index (χ3n) is 4.89. The van der Waals surface area contributed by atoms with Crippen molar-refractivity contribution >= 4 is 34.3 Å². The number of aromatic nitrogens is 1. The predicted octanol–water partition coefficient (Wildman–Crippen LogP) is 3.50. The highest BCUT2D eigenvalue weighted by Crippen LogP contribution is 2.31. The number of fused-ring (bicyclic) bond motifs is 1. The van der Waals surface area contributed by atoms with Crippen molar-refractivity contribution in [3.63, 3.8) is 0 Å². The lowest BCUT2D eigenvalue weighted by atomic mass is 9.74. The quantitative estimate of drug-likeness (QED) is 0.569. The van der Waals surface area contributed by atoms with Gasteiger partial charge in [0, 0.05) is 22.0 Å². The lowest BCUT2D eigenvalue weighted by Crippen LogP contribution is -2.63. The minimum Gasteiger partial charge on any atom is -0.475 e. The van der Waals surface area contributed by atoms with E-state index in [0.29, 0.717) is 10.7 Å². The van der Waals surface area contributed by atoms with Gasteiger partial charge in [-0.1, -0.05) is 24.4 Å². The first-order chi connectivity index (χ1) is 13.0. The van der Waals surface area contributed by atoms with Gasteiger partial charge < -0.3 is 21.1 Å². The topological polar surface area (TPSA) is 108 Å². The number of Topliss-reactive ketones (excluding diaryl/α,β-unsaturated/α-hetero) is 1. The fourth-order valence-corrected chi connectivity index (χ4v) is 3.55. The number of nitrogens with two attached hydrogens (primary N) is 1. The van der Waals surface area contributed by atoms with Crippen molar-refractivity contribution in [3.8, 4) is 0 Å². The maximum atomic E-state index is 13.0. The summed E-state index contributed by atoms with van der Waals surface area (Å²) in [6.45, 7) is 0. The molecule has 154 valence electrons. The summed E-state index contributed by atoms with van der Waals surface area (Å²) in [5, 5.41) is 11.9. The second kappa shape index (κ2) is 8.50. The van der Waals surface area contributed by atoms with Crippen molar-refractivity contribution in [2.75, 3.05) is 7.05 Å². The molecule has 1 saturated carbocycles. The number of halogens is 4.